The highest BCUT2D eigenvalue weighted by Gasteiger charge is 2.44. The number of pyridine rings is 1. The highest BCUT2D eigenvalue weighted by atomic mass is 16.5. The van der Waals surface area contributed by atoms with Gasteiger partial charge in [0.1, 0.15) is 5.82 Å². The molecule has 1 aromatic heterocycles. The number of anilines is 1. The maximum atomic E-state index is 12.3. The fourth-order valence-electron chi connectivity index (χ4n) is 3.54. The number of amides is 1. The summed E-state index contributed by atoms with van der Waals surface area (Å²) in [7, 11) is 3.49. The molecule has 0 saturated carbocycles. The summed E-state index contributed by atoms with van der Waals surface area (Å²) in [5.74, 6) is 0.689. The predicted octanol–water partition coefficient (Wildman–Crippen LogP) is 1.29. The SMILES string of the molecule is CN(C)C(=O)c1cccnc1N1CCC2(CC1)OCCCC2O. The van der Waals surface area contributed by atoms with Gasteiger partial charge in [0.15, 0.2) is 0 Å². The molecular formula is C17H25N3O3. The van der Waals surface area contributed by atoms with E-state index in [1.54, 1.807) is 31.3 Å². The molecule has 1 N–H and O–H groups in total. The number of aliphatic hydroxyl groups is 1. The van der Waals surface area contributed by atoms with E-state index in [2.05, 4.69) is 9.88 Å². The van der Waals surface area contributed by atoms with Crippen molar-refractivity contribution in [3.8, 4) is 0 Å². The van der Waals surface area contributed by atoms with Gasteiger partial charge in [-0.05, 0) is 37.8 Å². The van der Waals surface area contributed by atoms with Crippen molar-refractivity contribution in [1.29, 1.82) is 0 Å². The Morgan fingerprint density at radius 3 is 2.83 bits per heavy atom. The highest BCUT2D eigenvalue weighted by Crippen LogP contribution is 2.36. The quantitative estimate of drug-likeness (QED) is 0.890. The third-order valence-corrected chi connectivity index (χ3v) is 4.95. The number of aliphatic hydroxyl groups excluding tert-OH is 1. The van der Waals surface area contributed by atoms with Crippen LogP contribution in [0.25, 0.3) is 0 Å². The molecule has 3 heterocycles. The van der Waals surface area contributed by atoms with Gasteiger partial charge >= 0.3 is 0 Å². The zero-order chi connectivity index (χ0) is 16.4. The van der Waals surface area contributed by atoms with Crippen molar-refractivity contribution in [1.82, 2.24) is 9.88 Å². The Morgan fingerprint density at radius 1 is 1.43 bits per heavy atom. The molecule has 2 fully saturated rings. The lowest BCUT2D eigenvalue weighted by atomic mass is 9.82. The largest absolute Gasteiger partial charge is 0.390 e. The van der Waals surface area contributed by atoms with Crippen LogP contribution in [0, 0.1) is 0 Å². The number of ether oxygens (including phenoxy) is 1. The normalized spacial score (nSPS) is 23.8. The number of rotatable bonds is 2. The van der Waals surface area contributed by atoms with E-state index in [-0.39, 0.29) is 12.0 Å². The summed E-state index contributed by atoms with van der Waals surface area (Å²) >= 11 is 0. The molecule has 1 aromatic rings. The molecule has 6 heteroatoms. The van der Waals surface area contributed by atoms with Gasteiger partial charge in [-0.15, -0.1) is 0 Å². The number of nitrogens with zero attached hydrogens (tertiary/aromatic N) is 3. The number of piperidine rings is 1. The van der Waals surface area contributed by atoms with Gasteiger partial charge in [-0.25, -0.2) is 4.98 Å². The van der Waals surface area contributed by atoms with Gasteiger partial charge in [-0.2, -0.15) is 0 Å². The number of carbonyl (C=O) groups is 1. The predicted molar refractivity (Wildman–Crippen MR) is 87.6 cm³/mol. The van der Waals surface area contributed by atoms with E-state index in [4.69, 9.17) is 4.74 Å². The highest BCUT2D eigenvalue weighted by molar-refractivity contribution is 5.98. The first-order valence-electron chi connectivity index (χ1n) is 8.27. The molecule has 1 spiro atoms. The molecule has 2 saturated heterocycles. The van der Waals surface area contributed by atoms with Crippen LogP contribution in [0.2, 0.25) is 0 Å². The lowest BCUT2D eigenvalue weighted by Gasteiger charge is -2.47. The first-order chi connectivity index (χ1) is 11.0. The van der Waals surface area contributed by atoms with E-state index in [0.717, 1.165) is 51.2 Å². The van der Waals surface area contributed by atoms with Gasteiger partial charge in [0, 0.05) is 40.0 Å². The third-order valence-electron chi connectivity index (χ3n) is 4.95. The molecule has 0 aliphatic carbocycles. The van der Waals surface area contributed by atoms with Crippen LogP contribution < -0.4 is 4.90 Å². The number of aromatic nitrogens is 1. The van der Waals surface area contributed by atoms with E-state index >= 15 is 0 Å². The molecule has 2 aliphatic rings. The molecule has 6 nitrogen and oxygen atoms in total. The van der Waals surface area contributed by atoms with Crippen LogP contribution in [0.1, 0.15) is 36.0 Å². The third kappa shape index (κ3) is 3.05. The van der Waals surface area contributed by atoms with Crippen molar-refractivity contribution >= 4 is 11.7 Å². The monoisotopic (exact) mass is 319 g/mol. The van der Waals surface area contributed by atoms with E-state index < -0.39 is 5.60 Å². The van der Waals surface area contributed by atoms with Crippen LogP contribution in [0.15, 0.2) is 18.3 Å². The Balaban J connectivity index is 1.77. The molecule has 3 rings (SSSR count). The minimum Gasteiger partial charge on any atom is -0.390 e. The summed E-state index contributed by atoms with van der Waals surface area (Å²) in [5, 5.41) is 10.3. The topological polar surface area (TPSA) is 65.9 Å². The standard InChI is InChI=1S/C17H25N3O3/c1-19(2)16(22)13-5-3-9-18-15(13)20-10-7-17(8-11-20)14(21)6-4-12-23-17/h3,5,9,14,21H,4,6-8,10-12H2,1-2H3. The van der Waals surface area contributed by atoms with E-state index in [9.17, 15) is 9.90 Å². The second kappa shape index (κ2) is 6.45. The maximum Gasteiger partial charge on any atom is 0.257 e. The van der Waals surface area contributed by atoms with Crippen LogP contribution in [0.3, 0.4) is 0 Å². The summed E-state index contributed by atoms with van der Waals surface area (Å²) < 4.78 is 5.95. The van der Waals surface area contributed by atoms with E-state index in [0.29, 0.717) is 5.56 Å². The summed E-state index contributed by atoms with van der Waals surface area (Å²) in [5.41, 5.74) is 0.216. The molecule has 0 bridgehead atoms. The van der Waals surface area contributed by atoms with Gasteiger partial charge in [-0.3, -0.25) is 4.79 Å². The first-order valence-corrected chi connectivity index (χ1v) is 8.27. The second-order valence-corrected chi connectivity index (χ2v) is 6.63. The Hall–Kier alpha value is -1.66. The van der Waals surface area contributed by atoms with Gasteiger partial charge in [0.25, 0.3) is 5.91 Å². The molecule has 0 aromatic carbocycles. The molecule has 1 unspecified atom stereocenters. The molecular weight excluding hydrogens is 294 g/mol. The van der Waals surface area contributed by atoms with Crippen LogP contribution in [0.4, 0.5) is 5.82 Å². The fourth-order valence-corrected chi connectivity index (χ4v) is 3.54. The average molecular weight is 319 g/mol. The van der Waals surface area contributed by atoms with Crippen LogP contribution in [-0.4, -0.2) is 66.4 Å². The second-order valence-electron chi connectivity index (χ2n) is 6.63. The average Bonchev–Trinajstić information content (AvgIpc) is 2.58. The summed E-state index contributed by atoms with van der Waals surface area (Å²) in [6, 6.07) is 3.61. The molecule has 1 atom stereocenters. The molecule has 0 radical (unpaired) electrons. The molecule has 2 aliphatic heterocycles. The lowest BCUT2D eigenvalue weighted by molar-refractivity contribution is -0.164. The van der Waals surface area contributed by atoms with Crippen LogP contribution >= 0.6 is 0 Å². The van der Waals surface area contributed by atoms with Gasteiger partial charge < -0.3 is 19.6 Å². The number of carbonyl (C=O) groups excluding carboxylic acids is 1. The smallest absolute Gasteiger partial charge is 0.257 e. The molecule has 23 heavy (non-hydrogen) atoms. The Labute approximate surface area is 137 Å². The number of hydrogen-bond acceptors (Lipinski definition) is 5. The van der Waals surface area contributed by atoms with Crippen molar-refractivity contribution in [2.75, 3.05) is 38.7 Å². The zero-order valence-corrected chi connectivity index (χ0v) is 13.9. The lowest BCUT2D eigenvalue weighted by Crippen LogP contribution is -2.55. The van der Waals surface area contributed by atoms with Crippen molar-refractivity contribution < 1.29 is 14.6 Å². The van der Waals surface area contributed by atoms with Crippen molar-refractivity contribution in [2.24, 2.45) is 0 Å². The van der Waals surface area contributed by atoms with Crippen molar-refractivity contribution in [3.05, 3.63) is 23.9 Å². The molecule has 126 valence electrons. The summed E-state index contributed by atoms with van der Waals surface area (Å²) in [6.07, 6.45) is 4.60. The summed E-state index contributed by atoms with van der Waals surface area (Å²) in [6.45, 7) is 2.20. The van der Waals surface area contributed by atoms with Gasteiger partial charge in [-0.1, -0.05) is 0 Å². The summed E-state index contributed by atoms with van der Waals surface area (Å²) in [4.78, 5) is 20.5. The fraction of sp³-hybridized carbons (Fsp3) is 0.647. The minimum atomic E-state index is -0.407. The van der Waals surface area contributed by atoms with Crippen LogP contribution in [0.5, 0.6) is 0 Å². The Bertz CT molecular complexity index is 568. The van der Waals surface area contributed by atoms with Gasteiger partial charge in [0.2, 0.25) is 0 Å². The minimum absolute atomic E-state index is 0.0395. The van der Waals surface area contributed by atoms with Crippen molar-refractivity contribution in [2.45, 2.75) is 37.4 Å². The van der Waals surface area contributed by atoms with E-state index in [1.165, 1.54) is 0 Å². The Kier molecular flexibility index (Phi) is 4.55. The van der Waals surface area contributed by atoms with E-state index in [1.807, 2.05) is 6.07 Å². The molecule has 1 amide bonds. The van der Waals surface area contributed by atoms with Gasteiger partial charge in [0.05, 0.1) is 17.3 Å². The zero-order valence-electron chi connectivity index (χ0n) is 13.9. The van der Waals surface area contributed by atoms with Crippen molar-refractivity contribution in [3.63, 3.8) is 0 Å². The Morgan fingerprint density at radius 2 is 2.17 bits per heavy atom. The number of hydrogen-bond donors (Lipinski definition) is 1. The van der Waals surface area contributed by atoms with Crippen LogP contribution in [-0.2, 0) is 4.74 Å². The first kappa shape index (κ1) is 16.2. The maximum absolute atomic E-state index is 12.3.